The van der Waals surface area contributed by atoms with Gasteiger partial charge in [0, 0.05) is 11.9 Å². The Balaban J connectivity index is 1.82. The third kappa shape index (κ3) is 3.27. The van der Waals surface area contributed by atoms with Gasteiger partial charge in [-0.1, -0.05) is 29.0 Å². The van der Waals surface area contributed by atoms with E-state index < -0.39 is 17.4 Å². The van der Waals surface area contributed by atoms with Crippen LogP contribution in [-0.2, 0) is 0 Å². The molecule has 0 aliphatic carbocycles. The van der Waals surface area contributed by atoms with Crippen LogP contribution in [0.2, 0.25) is 5.02 Å². The van der Waals surface area contributed by atoms with Gasteiger partial charge in [-0.15, -0.1) is 0 Å². The lowest BCUT2D eigenvalue weighted by Gasteiger charge is -2.23. The number of aryl methyl sites for hydroxylation is 1. The van der Waals surface area contributed by atoms with Crippen LogP contribution in [0.1, 0.15) is 50.0 Å². The zero-order valence-electron chi connectivity index (χ0n) is 18.2. The van der Waals surface area contributed by atoms with Crippen molar-refractivity contribution in [3.05, 3.63) is 79.1 Å². The van der Waals surface area contributed by atoms with Crippen LogP contribution in [0.15, 0.2) is 45.6 Å². The normalized spacial score (nSPS) is 15.1. The molecule has 5 rings (SSSR count). The van der Waals surface area contributed by atoms with Gasteiger partial charge in [0.05, 0.1) is 34.7 Å². The second-order valence-corrected chi connectivity index (χ2v) is 9.20. The molecule has 4 aromatic rings. The molecule has 0 bridgehead atoms. The summed E-state index contributed by atoms with van der Waals surface area (Å²) in [6.45, 7) is 3.11. The Morgan fingerprint density at radius 2 is 2.00 bits per heavy atom. The van der Waals surface area contributed by atoms with Crippen LogP contribution in [0.4, 0.5) is 5.13 Å². The lowest BCUT2D eigenvalue weighted by molar-refractivity contribution is 0.0969. The van der Waals surface area contributed by atoms with E-state index in [0.717, 1.165) is 11.3 Å². The topological polar surface area (TPSA) is 110 Å². The molecule has 1 amide bonds. The molecule has 8 nitrogen and oxygen atoms in total. The van der Waals surface area contributed by atoms with Gasteiger partial charge in [0.25, 0.3) is 5.91 Å². The molecule has 0 radical (unpaired) electrons. The number of phenols is 1. The predicted octanol–water partition coefficient (Wildman–Crippen LogP) is 4.88. The number of aromatic nitrogens is 1. The first kappa shape index (κ1) is 22.1. The highest BCUT2D eigenvalue weighted by molar-refractivity contribution is 7.17. The number of fused-ring (bicyclic) bond motifs is 2. The fourth-order valence-corrected chi connectivity index (χ4v) is 5.29. The Hall–Kier alpha value is -3.69. The van der Waals surface area contributed by atoms with Gasteiger partial charge in [-0.25, -0.2) is 4.98 Å². The van der Waals surface area contributed by atoms with E-state index in [-0.39, 0.29) is 44.7 Å². The molecule has 1 unspecified atom stereocenters. The maximum Gasteiger partial charge on any atom is 0.297 e. The number of carbonyl (C=O) groups is 2. The van der Waals surface area contributed by atoms with Crippen LogP contribution in [0.25, 0.3) is 11.0 Å². The molecule has 1 atom stereocenters. The number of Topliss-reactive ketones (excluding diaryl/α,β-unsaturated/α-hetero) is 1. The summed E-state index contributed by atoms with van der Waals surface area (Å²) in [5.41, 5.74) is 0.906. The number of hydrogen-bond acceptors (Lipinski definition) is 8. The predicted molar refractivity (Wildman–Crippen MR) is 128 cm³/mol. The first-order valence-electron chi connectivity index (χ1n) is 10.2. The summed E-state index contributed by atoms with van der Waals surface area (Å²) in [5, 5.41) is 10.9. The van der Waals surface area contributed by atoms with Gasteiger partial charge >= 0.3 is 0 Å². The van der Waals surface area contributed by atoms with E-state index in [4.69, 9.17) is 20.8 Å². The summed E-state index contributed by atoms with van der Waals surface area (Å²) < 4.78 is 11.1. The average Bonchev–Trinajstić information content (AvgIpc) is 3.32. The lowest BCUT2D eigenvalue weighted by atomic mass is 9.98. The van der Waals surface area contributed by atoms with Crippen molar-refractivity contribution in [2.75, 3.05) is 12.0 Å². The second kappa shape index (κ2) is 7.96. The summed E-state index contributed by atoms with van der Waals surface area (Å²) in [7, 11) is 1.40. The van der Waals surface area contributed by atoms with E-state index in [1.54, 1.807) is 25.1 Å². The smallest absolute Gasteiger partial charge is 0.297 e. The number of benzene rings is 2. The number of anilines is 1. The number of hydrogen-bond donors (Lipinski definition) is 1. The number of rotatable bonds is 4. The number of thiazole rings is 1. The number of ether oxygens (including phenoxy) is 1. The van der Waals surface area contributed by atoms with Crippen molar-refractivity contribution in [2.24, 2.45) is 0 Å². The lowest BCUT2D eigenvalue weighted by Crippen LogP contribution is -2.29. The van der Waals surface area contributed by atoms with E-state index in [1.165, 1.54) is 37.1 Å². The molecule has 0 saturated heterocycles. The van der Waals surface area contributed by atoms with Crippen molar-refractivity contribution in [1.29, 1.82) is 0 Å². The summed E-state index contributed by atoms with van der Waals surface area (Å²) in [6.07, 6.45) is 0. The molecule has 1 aliphatic rings. The van der Waals surface area contributed by atoms with Gasteiger partial charge in [0.15, 0.2) is 27.8 Å². The van der Waals surface area contributed by atoms with Crippen LogP contribution in [0, 0.1) is 6.92 Å². The molecule has 2 aromatic carbocycles. The van der Waals surface area contributed by atoms with Gasteiger partial charge < -0.3 is 14.3 Å². The summed E-state index contributed by atoms with van der Waals surface area (Å²) >= 11 is 7.17. The Kier molecular flexibility index (Phi) is 5.18. The highest BCUT2D eigenvalue weighted by Gasteiger charge is 2.45. The molecule has 34 heavy (non-hydrogen) atoms. The molecule has 3 heterocycles. The Morgan fingerprint density at radius 3 is 2.68 bits per heavy atom. The van der Waals surface area contributed by atoms with E-state index >= 15 is 0 Å². The van der Waals surface area contributed by atoms with Crippen LogP contribution >= 0.6 is 22.9 Å². The number of aromatic hydroxyl groups is 1. The van der Waals surface area contributed by atoms with Gasteiger partial charge in [-0.3, -0.25) is 19.3 Å². The Bertz CT molecular complexity index is 1570. The number of amides is 1. The van der Waals surface area contributed by atoms with E-state index in [0.29, 0.717) is 21.2 Å². The van der Waals surface area contributed by atoms with Crippen LogP contribution in [-0.4, -0.2) is 28.9 Å². The molecule has 172 valence electrons. The van der Waals surface area contributed by atoms with Crippen molar-refractivity contribution in [3.8, 4) is 11.5 Å². The van der Waals surface area contributed by atoms with Gasteiger partial charge in [0.2, 0.25) is 5.76 Å². The summed E-state index contributed by atoms with van der Waals surface area (Å²) in [6, 6.07) is 8.23. The highest BCUT2D eigenvalue weighted by atomic mass is 35.5. The van der Waals surface area contributed by atoms with E-state index in [1.807, 2.05) is 0 Å². The SMILES string of the molecule is COc1cc(C2c3c(oc4ccc(Cl)cc4c3=O)C(=O)N2c2nc(C)c(C(C)=O)s2)ccc1O. The zero-order chi connectivity index (χ0) is 24.3. The van der Waals surface area contributed by atoms with Crippen molar-refractivity contribution in [2.45, 2.75) is 19.9 Å². The number of phenolic OH excluding ortho intramolecular Hbond substituents is 1. The quantitative estimate of drug-likeness (QED) is 0.401. The molecule has 10 heteroatoms. The standard InChI is InChI=1S/C24H17ClN2O6S/c1-10-22(11(2)28)34-24(26-10)27-19(12-4-6-15(29)17(8-12)32-3)18-20(30)14-9-13(25)5-7-16(14)33-21(18)23(27)31/h4-9,19,29H,1-3H3. The zero-order valence-corrected chi connectivity index (χ0v) is 19.8. The molecular formula is C24H17ClN2O6S. The molecular weight excluding hydrogens is 480 g/mol. The summed E-state index contributed by atoms with van der Waals surface area (Å²) in [5.74, 6) is -0.781. The number of halogens is 1. The van der Waals surface area contributed by atoms with Gasteiger partial charge in [0.1, 0.15) is 5.58 Å². The van der Waals surface area contributed by atoms with Crippen molar-refractivity contribution >= 4 is 50.7 Å². The second-order valence-electron chi connectivity index (χ2n) is 7.79. The first-order chi connectivity index (χ1) is 16.2. The van der Waals surface area contributed by atoms with Crippen LogP contribution < -0.4 is 15.1 Å². The number of ketones is 1. The van der Waals surface area contributed by atoms with Gasteiger partial charge in [-0.05, 0) is 42.8 Å². The van der Waals surface area contributed by atoms with Crippen molar-refractivity contribution in [3.63, 3.8) is 0 Å². The van der Waals surface area contributed by atoms with E-state index in [2.05, 4.69) is 4.98 Å². The highest BCUT2D eigenvalue weighted by Crippen LogP contribution is 2.44. The number of nitrogens with zero attached hydrogens (tertiary/aromatic N) is 2. The molecule has 0 spiro atoms. The molecule has 1 N–H and O–H groups in total. The minimum absolute atomic E-state index is 0.0939. The molecule has 0 fully saturated rings. The first-order valence-corrected chi connectivity index (χ1v) is 11.4. The third-order valence-corrected chi connectivity index (χ3v) is 7.16. The number of methoxy groups -OCH3 is 1. The molecule has 2 aromatic heterocycles. The largest absolute Gasteiger partial charge is 0.504 e. The van der Waals surface area contributed by atoms with Crippen LogP contribution in [0.3, 0.4) is 0 Å². The Morgan fingerprint density at radius 1 is 1.24 bits per heavy atom. The maximum atomic E-state index is 13.6. The minimum Gasteiger partial charge on any atom is -0.504 e. The Labute approximate surface area is 202 Å². The van der Waals surface area contributed by atoms with E-state index in [9.17, 15) is 19.5 Å². The van der Waals surface area contributed by atoms with Crippen molar-refractivity contribution < 1.29 is 23.8 Å². The fraction of sp³-hybridized carbons (Fsp3) is 0.167. The van der Waals surface area contributed by atoms with Crippen LogP contribution in [0.5, 0.6) is 11.5 Å². The average molecular weight is 497 g/mol. The maximum absolute atomic E-state index is 13.6. The molecule has 1 aliphatic heterocycles. The van der Waals surface area contributed by atoms with Crippen molar-refractivity contribution in [1.82, 2.24) is 4.98 Å². The van der Waals surface area contributed by atoms with Gasteiger partial charge in [-0.2, -0.15) is 0 Å². The fourth-order valence-electron chi connectivity index (χ4n) is 4.13. The molecule has 0 saturated carbocycles. The monoisotopic (exact) mass is 496 g/mol. The number of carbonyl (C=O) groups excluding carboxylic acids is 2. The minimum atomic E-state index is -0.929. The third-order valence-electron chi connectivity index (χ3n) is 5.66. The summed E-state index contributed by atoms with van der Waals surface area (Å²) in [4.78, 5) is 45.5.